The summed E-state index contributed by atoms with van der Waals surface area (Å²) < 4.78 is 0. The number of piperidine rings is 1. The third-order valence-electron chi connectivity index (χ3n) is 4.69. The molecule has 1 unspecified atom stereocenters. The van der Waals surface area contributed by atoms with Crippen LogP contribution in [-0.2, 0) is 11.2 Å². The number of hydrogen-bond acceptors (Lipinski definition) is 4. The zero-order valence-electron chi connectivity index (χ0n) is 14.2. The number of carbonyl (C=O) groups is 1. The van der Waals surface area contributed by atoms with Crippen LogP contribution in [0.3, 0.4) is 0 Å². The van der Waals surface area contributed by atoms with Crippen molar-refractivity contribution in [3.63, 3.8) is 0 Å². The van der Waals surface area contributed by atoms with Crippen LogP contribution in [0.2, 0.25) is 0 Å². The zero-order valence-corrected chi connectivity index (χ0v) is 15.1. The van der Waals surface area contributed by atoms with Crippen LogP contribution < -0.4 is 11.3 Å². The number of aromatic amines is 1. The number of amides is 1. The summed E-state index contributed by atoms with van der Waals surface area (Å²) in [6.07, 6.45) is 4.94. The maximum Gasteiger partial charge on any atom is 0.258 e. The molecule has 1 aliphatic heterocycles. The topological polar surface area (TPSA) is 92.1 Å². The molecule has 3 N–H and O–H groups in total. The minimum absolute atomic E-state index is 0. The number of aromatic nitrogens is 2. The second kappa shape index (κ2) is 8.97. The summed E-state index contributed by atoms with van der Waals surface area (Å²) in [6.45, 7) is 1.34. The van der Waals surface area contributed by atoms with Crippen LogP contribution in [0.25, 0.3) is 10.9 Å². The fourth-order valence-electron chi connectivity index (χ4n) is 3.38. The number of fused-ring (bicyclic) bond motifs is 1. The average molecular weight is 365 g/mol. The fraction of sp³-hybridized carbons (Fsp3) is 0.500. The Hall–Kier alpha value is -1.92. The van der Waals surface area contributed by atoms with Gasteiger partial charge >= 0.3 is 0 Å². The third-order valence-corrected chi connectivity index (χ3v) is 4.69. The number of halogens is 1. The Morgan fingerprint density at radius 2 is 2.12 bits per heavy atom. The Kier molecular flexibility index (Phi) is 6.96. The SMILES string of the molecule is Cl.NCC1CCCCN1C(=O)CCCc1nc2ccccc2c(=O)[nH]1. The number of hydrogen-bond donors (Lipinski definition) is 2. The first-order chi connectivity index (χ1) is 11.7. The normalized spacial score (nSPS) is 17.3. The van der Waals surface area contributed by atoms with Gasteiger partial charge in [0, 0.05) is 32.0 Å². The highest BCUT2D eigenvalue weighted by atomic mass is 35.5. The van der Waals surface area contributed by atoms with E-state index < -0.39 is 0 Å². The summed E-state index contributed by atoms with van der Waals surface area (Å²) in [5.74, 6) is 0.800. The van der Waals surface area contributed by atoms with E-state index in [-0.39, 0.29) is 29.9 Å². The first-order valence-electron chi connectivity index (χ1n) is 8.66. The molecule has 1 saturated heterocycles. The Labute approximate surface area is 153 Å². The van der Waals surface area contributed by atoms with Crippen LogP contribution in [0.4, 0.5) is 0 Å². The van der Waals surface area contributed by atoms with Gasteiger partial charge in [0.1, 0.15) is 5.82 Å². The molecule has 1 aromatic heterocycles. The standard InChI is InChI=1S/C18H24N4O2.ClH/c19-12-13-6-3-4-11-22(13)17(23)10-5-9-16-20-15-8-2-1-7-14(15)18(24)21-16;/h1-2,7-8,13H,3-6,9-12,19H2,(H,20,21,24);1H. The first kappa shape index (κ1) is 19.4. The zero-order chi connectivity index (χ0) is 16.9. The molecule has 0 saturated carbocycles. The van der Waals surface area contributed by atoms with Gasteiger partial charge in [0.05, 0.1) is 10.9 Å². The summed E-state index contributed by atoms with van der Waals surface area (Å²) in [6, 6.07) is 7.47. The van der Waals surface area contributed by atoms with Crippen molar-refractivity contribution in [2.24, 2.45) is 5.73 Å². The Bertz CT molecular complexity index is 777. The van der Waals surface area contributed by atoms with Gasteiger partial charge in [0.2, 0.25) is 5.91 Å². The molecule has 0 radical (unpaired) electrons. The largest absolute Gasteiger partial charge is 0.338 e. The predicted octanol–water partition coefficient (Wildman–Crippen LogP) is 2.01. The number of nitrogens with one attached hydrogen (secondary N) is 1. The maximum atomic E-state index is 12.4. The Morgan fingerprint density at radius 3 is 2.92 bits per heavy atom. The highest BCUT2D eigenvalue weighted by Crippen LogP contribution is 2.18. The molecule has 2 aromatic rings. The van der Waals surface area contributed by atoms with Gasteiger partial charge in [-0.2, -0.15) is 0 Å². The number of H-pyrrole nitrogens is 1. The highest BCUT2D eigenvalue weighted by Gasteiger charge is 2.24. The molecular formula is C18H25ClN4O2. The third kappa shape index (κ3) is 4.58. The van der Waals surface area contributed by atoms with Crippen molar-refractivity contribution in [3.05, 3.63) is 40.4 Å². The number of para-hydroxylation sites is 1. The van der Waals surface area contributed by atoms with E-state index in [4.69, 9.17) is 5.73 Å². The van der Waals surface area contributed by atoms with Crippen LogP contribution in [0, 0.1) is 0 Å². The van der Waals surface area contributed by atoms with Crippen LogP contribution in [0.1, 0.15) is 37.9 Å². The second-order valence-electron chi connectivity index (χ2n) is 6.36. The molecule has 3 rings (SSSR count). The molecule has 25 heavy (non-hydrogen) atoms. The lowest BCUT2D eigenvalue weighted by molar-refractivity contribution is -0.134. The van der Waals surface area contributed by atoms with Crippen molar-refractivity contribution in [1.82, 2.24) is 14.9 Å². The average Bonchev–Trinajstić information content (AvgIpc) is 2.61. The van der Waals surface area contributed by atoms with Gasteiger partial charge in [-0.3, -0.25) is 9.59 Å². The van der Waals surface area contributed by atoms with Crippen molar-refractivity contribution in [1.29, 1.82) is 0 Å². The molecule has 1 aromatic carbocycles. The number of benzene rings is 1. The van der Waals surface area contributed by atoms with Crippen molar-refractivity contribution in [2.75, 3.05) is 13.1 Å². The molecule has 1 amide bonds. The van der Waals surface area contributed by atoms with E-state index >= 15 is 0 Å². The molecule has 0 aliphatic carbocycles. The van der Waals surface area contributed by atoms with Crippen LogP contribution >= 0.6 is 12.4 Å². The van der Waals surface area contributed by atoms with Gasteiger partial charge < -0.3 is 15.6 Å². The highest BCUT2D eigenvalue weighted by molar-refractivity contribution is 5.85. The van der Waals surface area contributed by atoms with E-state index in [0.717, 1.165) is 25.8 Å². The lowest BCUT2D eigenvalue weighted by atomic mass is 10.0. The van der Waals surface area contributed by atoms with Crippen molar-refractivity contribution in [2.45, 2.75) is 44.6 Å². The molecule has 6 nitrogen and oxygen atoms in total. The molecule has 0 bridgehead atoms. The molecule has 2 heterocycles. The molecule has 0 spiro atoms. The lowest BCUT2D eigenvalue weighted by Crippen LogP contribution is -2.47. The van der Waals surface area contributed by atoms with Crippen molar-refractivity contribution in [3.8, 4) is 0 Å². The molecule has 7 heteroatoms. The fourth-order valence-corrected chi connectivity index (χ4v) is 3.38. The minimum Gasteiger partial charge on any atom is -0.338 e. The van der Waals surface area contributed by atoms with Gasteiger partial charge in [-0.25, -0.2) is 4.98 Å². The van der Waals surface area contributed by atoms with Crippen LogP contribution in [0.15, 0.2) is 29.1 Å². The Balaban J connectivity index is 0.00000225. The van der Waals surface area contributed by atoms with Crippen LogP contribution in [0.5, 0.6) is 0 Å². The van der Waals surface area contributed by atoms with Gasteiger partial charge in [0.25, 0.3) is 5.56 Å². The smallest absolute Gasteiger partial charge is 0.258 e. The molecule has 1 aliphatic rings. The summed E-state index contributed by atoms with van der Waals surface area (Å²) in [5.41, 5.74) is 6.35. The molecule has 1 fully saturated rings. The lowest BCUT2D eigenvalue weighted by Gasteiger charge is -2.35. The summed E-state index contributed by atoms with van der Waals surface area (Å²) in [4.78, 5) is 33.7. The quantitative estimate of drug-likeness (QED) is 0.848. The minimum atomic E-state index is -0.124. The summed E-state index contributed by atoms with van der Waals surface area (Å²) >= 11 is 0. The molecular weight excluding hydrogens is 340 g/mol. The van der Waals surface area contributed by atoms with E-state index in [9.17, 15) is 9.59 Å². The molecule has 1 atom stereocenters. The van der Waals surface area contributed by atoms with Gasteiger partial charge in [-0.1, -0.05) is 12.1 Å². The predicted molar refractivity (Wildman–Crippen MR) is 101 cm³/mol. The van der Waals surface area contributed by atoms with Crippen LogP contribution in [-0.4, -0.2) is 39.9 Å². The number of aryl methyl sites for hydroxylation is 1. The number of rotatable bonds is 5. The van der Waals surface area contributed by atoms with Crippen molar-refractivity contribution < 1.29 is 4.79 Å². The molecule has 136 valence electrons. The monoisotopic (exact) mass is 364 g/mol. The Morgan fingerprint density at radius 1 is 1.32 bits per heavy atom. The van der Waals surface area contributed by atoms with E-state index in [1.165, 1.54) is 0 Å². The van der Waals surface area contributed by atoms with E-state index in [0.29, 0.717) is 42.5 Å². The van der Waals surface area contributed by atoms with E-state index in [1.54, 1.807) is 6.07 Å². The summed E-state index contributed by atoms with van der Waals surface area (Å²) in [5, 5.41) is 0.594. The van der Waals surface area contributed by atoms with Crippen molar-refractivity contribution >= 4 is 29.2 Å². The van der Waals surface area contributed by atoms with E-state index in [1.807, 2.05) is 23.1 Å². The first-order valence-corrected chi connectivity index (χ1v) is 8.66. The maximum absolute atomic E-state index is 12.4. The summed E-state index contributed by atoms with van der Waals surface area (Å²) in [7, 11) is 0. The van der Waals surface area contributed by atoms with Gasteiger partial charge in [-0.05, 0) is 37.8 Å². The van der Waals surface area contributed by atoms with Gasteiger partial charge in [0.15, 0.2) is 0 Å². The number of likely N-dealkylation sites (tertiary alicyclic amines) is 1. The number of nitrogens with zero attached hydrogens (tertiary/aromatic N) is 2. The van der Waals surface area contributed by atoms with Gasteiger partial charge in [-0.15, -0.1) is 12.4 Å². The number of nitrogens with two attached hydrogens (primary N) is 1. The van der Waals surface area contributed by atoms with E-state index in [2.05, 4.69) is 9.97 Å². The number of carbonyl (C=O) groups excluding carboxylic acids is 1. The second-order valence-corrected chi connectivity index (χ2v) is 6.36.